The van der Waals surface area contributed by atoms with Gasteiger partial charge in [-0.25, -0.2) is 0 Å². The summed E-state index contributed by atoms with van der Waals surface area (Å²) in [6.45, 7) is 11.5. The van der Waals surface area contributed by atoms with Gasteiger partial charge in [0.15, 0.2) is 0 Å². The number of azo groups is 1. The highest BCUT2D eigenvalue weighted by Gasteiger charge is 2.27. The van der Waals surface area contributed by atoms with Gasteiger partial charge in [0.1, 0.15) is 0 Å². The number of nitrogens with zero attached hydrogens (tertiary/aromatic N) is 2. The third kappa shape index (κ3) is 6.12. The van der Waals surface area contributed by atoms with Crippen LogP contribution in [0.15, 0.2) is 89.1 Å². The molecule has 0 saturated heterocycles. The minimum atomic E-state index is 0.0700. The van der Waals surface area contributed by atoms with Crippen LogP contribution < -0.4 is 0 Å². The van der Waals surface area contributed by atoms with Crippen LogP contribution in [0.3, 0.4) is 0 Å². The van der Waals surface area contributed by atoms with E-state index in [9.17, 15) is 0 Å². The van der Waals surface area contributed by atoms with Crippen molar-refractivity contribution in [2.75, 3.05) is 0 Å². The Morgan fingerprint density at radius 2 is 1.31 bits per heavy atom. The zero-order valence-corrected chi connectivity index (χ0v) is 18.3. The van der Waals surface area contributed by atoms with Crippen LogP contribution in [-0.2, 0) is 11.8 Å². The summed E-state index contributed by atoms with van der Waals surface area (Å²) in [6, 6.07) is 27.2. The summed E-state index contributed by atoms with van der Waals surface area (Å²) < 4.78 is 0. The van der Waals surface area contributed by atoms with Crippen molar-refractivity contribution in [1.82, 2.24) is 0 Å². The average molecular weight is 385 g/mol. The van der Waals surface area contributed by atoms with Crippen molar-refractivity contribution in [2.45, 2.75) is 52.9 Å². The third-order valence-corrected chi connectivity index (χ3v) is 5.11. The Bertz CT molecular complexity index is 949. The lowest BCUT2D eigenvalue weighted by atomic mass is 9.72. The largest absolute Gasteiger partial charge is 0.151 e. The molecule has 0 spiro atoms. The summed E-state index contributed by atoms with van der Waals surface area (Å²) in [5.41, 5.74) is 5.95. The van der Waals surface area contributed by atoms with Gasteiger partial charge in [0.2, 0.25) is 0 Å². The summed E-state index contributed by atoms with van der Waals surface area (Å²) >= 11 is 0. The van der Waals surface area contributed by atoms with Crippen molar-refractivity contribution < 1.29 is 0 Å². The predicted molar refractivity (Wildman–Crippen MR) is 123 cm³/mol. The molecule has 2 nitrogen and oxygen atoms in total. The number of benzene rings is 3. The highest BCUT2D eigenvalue weighted by atomic mass is 15.1. The molecule has 0 aliphatic heterocycles. The van der Waals surface area contributed by atoms with Crippen molar-refractivity contribution in [3.05, 3.63) is 95.6 Å². The molecular weight excluding hydrogens is 352 g/mol. The summed E-state index contributed by atoms with van der Waals surface area (Å²) in [5.74, 6) is 0. The van der Waals surface area contributed by atoms with E-state index >= 15 is 0 Å². The minimum absolute atomic E-state index is 0.0700. The fourth-order valence-electron chi connectivity index (χ4n) is 4.08. The molecule has 29 heavy (non-hydrogen) atoms. The van der Waals surface area contributed by atoms with E-state index in [-0.39, 0.29) is 10.8 Å². The van der Waals surface area contributed by atoms with Crippen LogP contribution in [0.4, 0.5) is 11.4 Å². The average Bonchev–Trinajstić information content (AvgIpc) is 2.67. The molecule has 3 rings (SSSR count). The van der Waals surface area contributed by atoms with E-state index in [1.165, 1.54) is 16.7 Å². The number of hydrogen-bond donors (Lipinski definition) is 0. The van der Waals surface area contributed by atoms with Crippen molar-refractivity contribution in [2.24, 2.45) is 15.6 Å². The maximum absolute atomic E-state index is 4.67. The smallest absolute Gasteiger partial charge is 0.0895 e. The fourth-order valence-corrected chi connectivity index (χ4v) is 4.08. The summed E-state index contributed by atoms with van der Waals surface area (Å²) in [4.78, 5) is 0. The zero-order valence-electron chi connectivity index (χ0n) is 18.3. The van der Waals surface area contributed by atoms with Crippen molar-refractivity contribution in [3.63, 3.8) is 0 Å². The first-order chi connectivity index (χ1) is 13.7. The first-order valence-electron chi connectivity index (χ1n) is 10.4. The molecule has 150 valence electrons. The molecule has 0 aliphatic rings. The van der Waals surface area contributed by atoms with E-state index in [0.29, 0.717) is 0 Å². The third-order valence-electron chi connectivity index (χ3n) is 5.11. The van der Waals surface area contributed by atoms with Crippen LogP contribution in [0.25, 0.3) is 0 Å². The lowest BCUT2D eigenvalue weighted by Gasteiger charge is -2.33. The zero-order chi connectivity index (χ0) is 20.9. The molecule has 2 heteroatoms. The predicted octanol–water partition coefficient (Wildman–Crippen LogP) is 8.41. The van der Waals surface area contributed by atoms with Crippen LogP contribution in [0.2, 0.25) is 0 Å². The van der Waals surface area contributed by atoms with Crippen molar-refractivity contribution in [1.29, 1.82) is 0 Å². The molecule has 3 aromatic carbocycles. The SMILES string of the molecule is CC(C)(C)CC(C)(C)c1ccc(Cc2ccccc2)c(N=Nc2ccccc2)c1. The Morgan fingerprint density at radius 3 is 1.93 bits per heavy atom. The topological polar surface area (TPSA) is 24.7 Å². The molecule has 0 unspecified atom stereocenters. The highest BCUT2D eigenvalue weighted by molar-refractivity contribution is 5.52. The lowest BCUT2D eigenvalue weighted by Crippen LogP contribution is -2.24. The normalized spacial score (nSPS) is 12.4. The molecule has 0 amide bonds. The van der Waals surface area contributed by atoms with E-state index in [1.54, 1.807) is 0 Å². The molecule has 0 atom stereocenters. The van der Waals surface area contributed by atoms with Gasteiger partial charge < -0.3 is 0 Å². The second-order valence-electron chi connectivity index (χ2n) is 9.66. The van der Waals surface area contributed by atoms with E-state index in [4.69, 9.17) is 0 Å². The maximum Gasteiger partial charge on any atom is 0.0895 e. The Balaban J connectivity index is 1.98. The first kappa shape index (κ1) is 21.0. The van der Waals surface area contributed by atoms with Gasteiger partial charge in [-0.15, -0.1) is 0 Å². The summed E-state index contributed by atoms with van der Waals surface area (Å²) in [5, 5.41) is 9.17. The minimum Gasteiger partial charge on any atom is -0.151 e. The molecule has 3 aromatic rings. The molecule has 0 N–H and O–H groups in total. The Labute approximate surface area is 175 Å². The summed E-state index contributed by atoms with van der Waals surface area (Å²) in [7, 11) is 0. The van der Waals surface area contributed by atoms with Crippen LogP contribution in [0, 0.1) is 5.41 Å². The van der Waals surface area contributed by atoms with Crippen molar-refractivity contribution in [3.8, 4) is 0 Å². The molecule has 0 heterocycles. The second kappa shape index (κ2) is 8.73. The fraction of sp³-hybridized carbons (Fsp3) is 0.333. The quantitative estimate of drug-likeness (QED) is 0.381. The second-order valence-corrected chi connectivity index (χ2v) is 9.66. The van der Waals surface area contributed by atoms with Crippen LogP contribution in [-0.4, -0.2) is 0 Å². The Morgan fingerprint density at radius 1 is 0.690 bits per heavy atom. The monoisotopic (exact) mass is 384 g/mol. The van der Waals surface area contributed by atoms with Gasteiger partial charge in [-0.3, -0.25) is 0 Å². The van der Waals surface area contributed by atoms with E-state index < -0.39 is 0 Å². The molecule has 0 bridgehead atoms. The number of hydrogen-bond acceptors (Lipinski definition) is 2. The molecule has 0 fully saturated rings. The van der Waals surface area contributed by atoms with Gasteiger partial charge in [-0.2, -0.15) is 10.2 Å². The Hall–Kier alpha value is -2.74. The van der Waals surface area contributed by atoms with Gasteiger partial charge in [0.25, 0.3) is 0 Å². The maximum atomic E-state index is 4.67. The van der Waals surface area contributed by atoms with Crippen LogP contribution >= 0.6 is 0 Å². The van der Waals surface area contributed by atoms with Gasteiger partial charge >= 0.3 is 0 Å². The van der Waals surface area contributed by atoms with Gasteiger partial charge in [0.05, 0.1) is 11.4 Å². The first-order valence-corrected chi connectivity index (χ1v) is 10.4. The van der Waals surface area contributed by atoms with E-state index in [0.717, 1.165) is 24.2 Å². The van der Waals surface area contributed by atoms with Gasteiger partial charge in [-0.05, 0) is 58.6 Å². The van der Waals surface area contributed by atoms with Crippen molar-refractivity contribution >= 4 is 11.4 Å². The van der Waals surface area contributed by atoms with E-state index in [2.05, 4.69) is 93.4 Å². The lowest BCUT2D eigenvalue weighted by molar-refractivity contribution is 0.284. The standard InChI is InChI=1S/C27H32N2/c1-26(2,3)20-27(4,5)23-17-16-22(18-21-12-8-6-9-13-21)25(19-23)29-28-24-14-10-7-11-15-24/h6-17,19H,18,20H2,1-5H3. The van der Waals surface area contributed by atoms with Gasteiger partial charge in [0, 0.05) is 0 Å². The number of rotatable bonds is 6. The highest BCUT2D eigenvalue weighted by Crippen LogP contribution is 2.38. The summed E-state index contributed by atoms with van der Waals surface area (Å²) in [6.07, 6.45) is 1.96. The van der Waals surface area contributed by atoms with E-state index in [1.807, 2.05) is 30.3 Å². The van der Waals surface area contributed by atoms with Crippen LogP contribution in [0.5, 0.6) is 0 Å². The Kier molecular flexibility index (Phi) is 6.32. The molecule has 0 radical (unpaired) electrons. The molecule has 0 aromatic heterocycles. The molecule has 0 aliphatic carbocycles. The molecular formula is C27H32N2. The molecule has 0 saturated carbocycles. The van der Waals surface area contributed by atoms with Crippen LogP contribution in [0.1, 0.15) is 57.7 Å². The van der Waals surface area contributed by atoms with Gasteiger partial charge in [-0.1, -0.05) is 95.3 Å².